The first-order valence-corrected chi connectivity index (χ1v) is 11.3. The highest BCUT2D eigenvalue weighted by atomic mass is 32.2. The number of ether oxygens (including phenoxy) is 1. The molecular formula is C23H24N3O4S-. The number of methoxy groups -OCH3 is 1. The zero-order chi connectivity index (χ0) is 21.8. The minimum absolute atomic E-state index is 0.230. The van der Waals surface area contributed by atoms with Gasteiger partial charge in [-0.15, -0.1) is 0 Å². The Balaban J connectivity index is 1.61. The maximum Gasteiger partial charge on any atom is 0.307 e. The van der Waals surface area contributed by atoms with Crippen molar-refractivity contribution in [3.05, 3.63) is 72.1 Å². The summed E-state index contributed by atoms with van der Waals surface area (Å²) in [7, 11) is 1.36. The molecule has 0 fully saturated rings. The van der Waals surface area contributed by atoms with E-state index in [2.05, 4.69) is 5.10 Å². The van der Waals surface area contributed by atoms with E-state index in [-0.39, 0.29) is 18.4 Å². The van der Waals surface area contributed by atoms with Crippen LogP contribution in [-0.2, 0) is 33.8 Å². The number of anilines is 1. The fraction of sp³-hybridized carbons (Fsp3) is 0.304. The number of fused-ring (bicyclic) bond motifs is 1. The van der Waals surface area contributed by atoms with Crippen molar-refractivity contribution in [1.82, 2.24) is 9.78 Å². The fourth-order valence-electron chi connectivity index (χ4n) is 4.13. The van der Waals surface area contributed by atoms with Crippen molar-refractivity contribution in [2.75, 3.05) is 11.4 Å². The standard InChI is InChI=1S/C23H25N3O4S/c1-30-23(27)14-15-25-21-8-5-9-22(20(21)16-24-25)26(31(28)29)19-12-10-18(11-13-19)17-6-3-2-4-7-17/h2-4,6-7,10-13,16,22H,5,8-9,14-15H2,1H3,(H,28,29)/p-1. The minimum Gasteiger partial charge on any atom is -0.755 e. The number of esters is 1. The van der Waals surface area contributed by atoms with Gasteiger partial charge < -0.3 is 9.29 Å². The fourth-order valence-corrected chi connectivity index (χ4v) is 4.85. The predicted molar refractivity (Wildman–Crippen MR) is 118 cm³/mol. The van der Waals surface area contributed by atoms with E-state index < -0.39 is 11.3 Å². The second-order valence-electron chi connectivity index (χ2n) is 7.46. The zero-order valence-electron chi connectivity index (χ0n) is 17.3. The molecule has 7 nitrogen and oxygen atoms in total. The van der Waals surface area contributed by atoms with Crippen LogP contribution in [0.1, 0.15) is 36.6 Å². The lowest BCUT2D eigenvalue weighted by atomic mass is 9.92. The van der Waals surface area contributed by atoms with E-state index in [0.717, 1.165) is 35.2 Å². The van der Waals surface area contributed by atoms with Crippen LogP contribution < -0.4 is 4.31 Å². The molecule has 0 saturated heterocycles. The SMILES string of the molecule is COC(=O)CCn1ncc2c1CCCC2N(c1ccc(-c2ccccc2)cc1)S(=O)[O-]. The third-order valence-corrected chi connectivity index (χ3v) is 6.45. The lowest BCUT2D eigenvalue weighted by Gasteiger charge is -2.37. The average Bonchev–Trinajstić information content (AvgIpc) is 3.22. The average molecular weight is 439 g/mol. The van der Waals surface area contributed by atoms with E-state index in [1.807, 2.05) is 54.6 Å². The van der Waals surface area contributed by atoms with Gasteiger partial charge in [-0.05, 0) is 42.5 Å². The van der Waals surface area contributed by atoms with Crippen molar-refractivity contribution < 1.29 is 18.3 Å². The summed E-state index contributed by atoms with van der Waals surface area (Å²) in [6, 6.07) is 17.2. The van der Waals surface area contributed by atoms with Crippen molar-refractivity contribution >= 4 is 22.9 Å². The van der Waals surface area contributed by atoms with Crippen molar-refractivity contribution in [1.29, 1.82) is 0 Å². The highest BCUT2D eigenvalue weighted by Crippen LogP contribution is 2.38. The van der Waals surface area contributed by atoms with Gasteiger partial charge in [0.05, 0.1) is 32.3 Å². The minimum atomic E-state index is -2.44. The van der Waals surface area contributed by atoms with Gasteiger partial charge in [-0.25, -0.2) is 0 Å². The van der Waals surface area contributed by atoms with Crippen LogP contribution in [0.15, 0.2) is 60.8 Å². The van der Waals surface area contributed by atoms with Gasteiger partial charge in [0.1, 0.15) is 0 Å². The van der Waals surface area contributed by atoms with Crippen LogP contribution in [0.5, 0.6) is 0 Å². The van der Waals surface area contributed by atoms with Crippen LogP contribution in [0.2, 0.25) is 0 Å². The molecule has 0 bridgehead atoms. The van der Waals surface area contributed by atoms with Gasteiger partial charge in [0.2, 0.25) is 0 Å². The Bertz CT molecular complexity index is 1070. The van der Waals surface area contributed by atoms with E-state index in [4.69, 9.17) is 4.74 Å². The number of carbonyl (C=O) groups is 1. The van der Waals surface area contributed by atoms with Crippen molar-refractivity contribution in [3.8, 4) is 11.1 Å². The second-order valence-corrected chi connectivity index (χ2v) is 8.29. The van der Waals surface area contributed by atoms with E-state index in [1.54, 1.807) is 10.9 Å². The number of aromatic nitrogens is 2. The molecule has 3 aromatic rings. The smallest absolute Gasteiger partial charge is 0.307 e. The van der Waals surface area contributed by atoms with E-state index in [9.17, 15) is 13.6 Å². The van der Waals surface area contributed by atoms with E-state index >= 15 is 0 Å². The molecule has 162 valence electrons. The molecular weight excluding hydrogens is 414 g/mol. The Hall–Kier alpha value is -2.97. The molecule has 0 aliphatic heterocycles. The van der Waals surface area contributed by atoms with Crippen molar-refractivity contribution in [3.63, 3.8) is 0 Å². The van der Waals surface area contributed by atoms with E-state index in [1.165, 1.54) is 11.4 Å². The molecule has 4 rings (SSSR count). The van der Waals surface area contributed by atoms with Gasteiger partial charge in [-0.1, -0.05) is 42.5 Å². The first-order valence-electron chi connectivity index (χ1n) is 10.2. The Labute approximate surface area is 184 Å². The largest absolute Gasteiger partial charge is 0.755 e. The number of rotatable bonds is 7. The molecule has 0 spiro atoms. The molecule has 1 aliphatic rings. The molecule has 0 amide bonds. The Morgan fingerprint density at radius 1 is 1.19 bits per heavy atom. The van der Waals surface area contributed by atoms with Crippen LogP contribution in [0, 0.1) is 0 Å². The molecule has 0 N–H and O–H groups in total. The summed E-state index contributed by atoms with van der Waals surface area (Å²) < 4.78 is 32.5. The highest BCUT2D eigenvalue weighted by Gasteiger charge is 2.30. The lowest BCUT2D eigenvalue weighted by Crippen LogP contribution is -2.33. The lowest BCUT2D eigenvalue weighted by molar-refractivity contribution is -0.140. The van der Waals surface area contributed by atoms with Gasteiger partial charge in [0.25, 0.3) is 0 Å². The van der Waals surface area contributed by atoms with Crippen LogP contribution >= 0.6 is 0 Å². The third-order valence-electron chi connectivity index (χ3n) is 5.66. The number of hydrogen-bond donors (Lipinski definition) is 0. The summed E-state index contributed by atoms with van der Waals surface area (Å²) >= 11 is -2.44. The Morgan fingerprint density at radius 3 is 2.58 bits per heavy atom. The summed E-state index contributed by atoms with van der Waals surface area (Å²) in [6.07, 6.45) is 4.32. The summed E-state index contributed by atoms with van der Waals surface area (Å²) in [5.74, 6) is -0.294. The zero-order valence-corrected chi connectivity index (χ0v) is 18.1. The van der Waals surface area contributed by atoms with Gasteiger partial charge in [-0.3, -0.25) is 18.0 Å². The molecule has 1 aliphatic carbocycles. The van der Waals surface area contributed by atoms with Gasteiger partial charge in [0, 0.05) is 28.2 Å². The predicted octanol–water partition coefficient (Wildman–Crippen LogP) is 3.79. The topological polar surface area (TPSA) is 87.5 Å². The summed E-state index contributed by atoms with van der Waals surface area (Å²) in [5, 5.41) is 4.42. The Morgan fingerprint density at radius 2 is 1.90 bits per heavy atom. The van der Waals surface area contributed by atoms with Crippen LogP contribution in [0.4, 0.5) is 5.69 Å². The van der Waals surface area contributed by atoms with Crippen LogP contribution in [0.25, 0.3) is 11.1 Å². The third kappa shape index (κ3) is 4.55. The Kier molecular flexibility index (Phi) is 6.48. The van der Waals surface area contributed by atoms with Gasteiger partial charge in [-0.2, -0.15) is 5.10 Å². The normalized spacial score (nSPS) is 16.4. The summed E-state index contributed by atoms with van der Waals surface area (Å²) in [4.78, 5) is 11.5. The molecule has 8 heteroatoms. The second kappa shape index (κ2) is 9.45. The van der Waals surface area contributed by atoms with Gasteiger partial charge in [0.15, 0.2) is 0 Å². The molecule has 2 unspecified atom stereocenters. The molecule has 0 saturated carbocycles. The number of carbonyl (C=O) groups excluding carboxylic acids is 1. The monoisotopic (exact) mass is 438 g/mol. The molecule has 2 atom stereocenters. The quantitative estimate of drug-likeness (QED) is 0.414. The summed E-state index contributed by atoms with van der Waals surface area (Å²) in [5.41, 5.74) is 4.61. The maximum atomic E-state index is 12.3. The van der Waals surface area contributed by atoms with Crippen LogP contribution in [-0.4, -0.2) is 31.6 Å². The first kappa shape index (κ1) is 21.3. The molecule has 0 radical (unpaired) electrons. The number of benzene rings is 2. The first-order chi connectivity index (χ1) is 15.1. The van der Waals surface area contributed by atoms with Crippen molar-refractivity contribution in [2.45, 2.75) is 38.3 Å². The van der Waals surface area contributed by atoms with Crippen LogP contribution in [0.3, 0.4) is 0 Å². The number of hydrogen-bond acceptors (Lipinski definition) is 5. The number of nitrogens with zero attached hydrogens (tertiary/aromatic N) is 3. The van der Waals surface area contributed by atoms with Gasteiger partial charge >= 0.3 is 5.97 Å². The molecule has 2 aromatic carbocycles. The molecule has 31 heavy (non-hydrogen) atoms. The molecule has 1 heterocycles. The van der Waals surface area contributed by atoms with Crippen molar-refractivity contribution in [2.24, 2.45) is 0 Å². The maximum absolute atomic E-state index is 12.3. The highest BCUT2D eigenvalue weighted by molar-refractivity contribution is 7.80. The summed E-state index contributed by atoms with van der Waals surface area (Å²) in [6.45, 7) is 0.418. The number of aryl methyl sites for hydroxylation is 1. The van der Waals surface area contributed by atoms with E-state index in [0.29, 0.717) is 18.7 Å². The molecule has 1 aromatic heterocycles.